The van der Waals surface area contributed by atoms with Crippen LogP contribution in [0.15, 0.2) is 0 Å². The Morgan fingerprint density at radius 1 is 0.938 bits per heavy atom. The highest BCUT2D eigenvalue weighted by atomic mass is 15.1. The van der Waals surface area contributed by atoms with Crippen molar-refractivity contribution in [1.82, 2.24) is 15.5 Å². The van der Waals surface area contributed by atoms with Gasteiger partial charge in [-0.15, -0.1) is 0 Å². The summed E-state index contributed by atoms with van der Waals surface area (Å²) in [7, 11) is 4.24. The van der Waals surface area contributed by atoms with Crippen molar-refractivity contribution in [2.45, 2.75) is 58.7 Å². The Kier molecular flexibility index (Phi) is 5.94. The zero-order valence-electron chi connectivity index (χ0n) is 12.4. The zero-order valence-corrected chi connectivity index (χ0v) is 12.4. The minimum atomic E-state index is 0.167. The van der Waals surface area contributed by atoms with Crippen molar-refractivity contribution < 1.29 is 0 Å². The summed E-state index contributed by atoms with van der Waals surface area (Å²) in [5.41, 5.74) is 0.352. The van der Waals surface area contributed by atoms with Gasteiger partial charge in [0.2, 0.25) is 0 Å². The standard InChI is InChI=1S/C13H31N3/c1-12(2,3)14-9-11(10-16(7)8)15-13(4,5)6/h11,14-15H,9-10H2,1-8H3. The summed E-state index contributed by atoms with van der Waals surface area (Å²) in [6.07, 6.45) is 0. The van der Waals surface area contributed by atoms with Crippen molar-refractivity contribution >= 4 is 0 Å². The molecule has 0 aromatic carbocycles. The number of rotatable bonds is 5. The molecular formula is C13H31N3. The van der Waals surface area contributed by atoms with E-state index >= 15 is 0 Å². The molecule has 0 aliphatic rings. The largest absolute Gasteiger partial charge is 0.310 e. The first-order valence-electron chi connectivity index (χ1n) is 6.17. The van der Waals surface area contributed by atoms with Gasteiger partial charge in [0.25, 0.3) is 0 Å². The van der Waals surface area contributed by atoms with Crippen LogP contribution in [-0.2, 0) is 0 Å². The highest BCUT2D eigenvalue weighted by Gasteiger charge is 2.19. The second-order valence-corrected chi connectivity index (χ2v) is 6.98. The van der Waals surface area contributed by atoms with E-state index in [0.29, 0.717) is 6.04 Å². The van der Waals surface area contributed by atoms with E-state index in [-0.39, 0.29) is 11.1 Å². The van der Waals surface area contributed by atoms with Gasteiger partial charge in [-0.3, -0.25) is 0 Å². The molecule has 0 aromatic heterocycles. The molecule has 0 rings (SSSR count). The third-order valence-electron chi connectivity index (χ3n) is 2.10. The SMILES string of the molecule is CN(C)CC(CNC(C)(C)C)NC(C)(C)C. The van der Waals surface area contributed by atoms with Gasteiger partial charge in [0.15, 0.2) is 0 Å². The minimum Gasteiger partial charge on any atom is -0.310 e. The first-order chi connectivity index (χ1) is 6.99. The maximum absolute atomic E-state index is 3.66. The smallest absolute Gasteiger partial charge is 0.0324 e. The summed E-state index contributed by atoms with van der Waals surface area (Å²) in [6.45, 7) is 15.3. The van der Waals surface area contributed by atoms with Crippen molar-refractivity contribution in [2.24, 2.45) is 0 Å². The van der Waals surface area contributed by atoms with E-state index in [9.17, 15) is 0 Å². The first kappa shape index (κ1) is 15.9. The number of hydrogen-bond donors (Lipinski definition) is 2. The lowest BCUT2D eigenvalue weighted by molar-refractivity contribution is 0.263. The van der Waals surface area contributed by atoms with Gasteiger partial charge in [0.1, 0.15) is 0 Å². The fourth-order valence-corrected chi connectivity index (χ4v) is 1.64. The Morgan fingerprint density at radius 3 is 1.75 bits per heavy atom. The minimum absolute atomic E-state index is 0.167. The molecule has 2 N–H and O–H groups in total. The molecule has 3 nitrogen and oxygen atoms in total. The quantitative estimate of drug-likeness (QED) is 0.751. The van der Waals surface area contributed by atoms with Crippen molar-refractivity contribution in [3.63, 3.8) is 0 Å². The van der Waals surface area contributed by atoms with Crippen LogP contribution < -0.4 is 10.6 Å². The highest BCUT2D eigenvalue weighted by molar-refractivity contribution is 4.83. The van der Waals surface area contributed by atoms with Gasteiger partial charge < -0.3 is 15.5 Å². The third-order valence-corrected chi connectivity index (χ3v) is 2.10. The lowest BCUT2D eigenvalue weighted by Crippen LogP contribution is -2.54. The zero-order chi connectivity index (χ0) is 13.0. The van der Waals surface area contributed by atoms with Gasteiger partial charge in [-0.05, 0) is 55.6 Å². The van der Waals surface area contributed by atoms with Gasteiger partial charge in [-0.2, -0.15) is 0 Å². The predicted molar refractivity (Wildman–Crippen MR) is 73.0 cm³/mol. The molecule has 0 aromatic rings. The van der Waals surface area contributed by atoms with Gasteiger partial charge in [-0.1, -0.05) is 0 Å². The molecular weight excluding hydrogens is 198 g/mol. The Hall–Kier alpha value is -0.120. The molecule has 0 aliphatic carbocycles. The van der Waals surface area contributed by atoms with E-state index < -0.39 is 0 Å². The van der Waals surface area contributed by atoms with Crippen LogP contribution in [0.5, 0.6) is 0 Å². The van der Waals surface area contributed by atoms with Crippen molar-refractivity contribution in [3.8, 4) is 0 Å². The average molecular weight is 229 g/mol. The molecule has 1 unspecified atom stereocenters. The average Bonchev–Trinajstić information content (AvgIpc) is 1.94. The van der Waals surface area contributed by atoms with Crippen LogP contribution in [0.2, 0.25) is 0 Å². The molecule has 98 valence electrons. The van der Waals surface area contributed by atoms with Crippen LogP contribution in [-0.4, -0.2) is 49.2 Å². The highest BCUT2D eigenvalue weighted by Crippen LogP contribution is 2.04. The normalized spacial score (nSPS) is 15.6. The molecule has 0 saturated heterocycles. The van der Waals surface area contributed by atoms with Crippen LogP contribution in [0, 0.1) is 0 Å². The Labute approximate surface area is 102 Å². The first-order valence-corrected chi connectivity index (χ1v) is 6.17. The van der Waals surface area contributed by atoms with E-state index in [4.69, 9.17) is 0 Å². The molecule has 0 saturated carbocycles. The van der Waals surface area contributed by atoms with Crippen LogP contribution in [0.25, 0.3) is 0 Å². The van der Waals surface area contributed by atoms with E-state index in [1.165, 1.54) is 0 Å². The molecule has 0 heterocycles. The lowest BCUT2D eigenvalue weighted by atomic mass is 10.1. The van der Waals surface area contributed by atoms with E-state index in [1.54, 1.807) is 0 Å². The van der Waals surface area contributed by atoms with Crippen LogP contribution in [0.3, 0.4) is 0 Å². The van der Waals surface area contributed by atoms with Crippen LogP contribution >= 0.6 is 0 Å². The molecule has 1 atom stereocenters. The molecule has 0 bridgehead atoms. The van der Waals surface area contributed by atoms with Crippen molar-refractivity contribution in [1.29, 1.82) is 0 Å². The Balaban J connectivity index is 4.22. The molecule has 3 heteroatoms. The van der Waals surface area contributed by atoms with Gasteiger partial charge in [0.05, 0.1) is 0 Å². The predicted octanol–water partition coefficient (Wildman–Crippen LogP) is 1.69. The number of likely N-dealkylation sites (N-methyl/N-ethyl adjacent to an activating group) is 1. The lowest BCUT2D eigenvalue weighted by Gasteiger charge is -2.33. The fourth-order valence-electron chi connectivity index (χ4n) is 1.64. The summed E-state index contributed by atoms with van der Waals surface area (Å²) in [5.74, 6) is 0. The van der Waals surface area contributed by atoms with Crippen LogP contribution in [0.4, 0.5) is 0 Å². The molecule has 16 heavy (non-hydrogen) atoms. The van der Waals surface area contributed by atoms with E-state index in [0.717, 1.165) is 13.1 Å². The van der Waals surface area contributed by atoms with Gasteiger partial charge in [0, 0.05) is 30.2 Å². The number of nitrogens with zero attached hydrogens (tertiary/aromatic N) is 1. The topological polar surface area (TPSA) is 27.3 Å². The summed E-state index contributed by atoms with van der Waals surface area (Å²) in [6, 6.07) is 0.481. The summed E-state index contributed by atoms with van der Waals surface area (Å²) in [4.78, 5) is 2.23. The Morgan fingerprint density at radius 2 is 1.44 bits per heavy atom. The van der Waals surface area contributed by atoms with Gasteiger partial charge in [-0.25, -0.2) is 0 Å². The second kappa shape index (κ2) is 5.99. The fraction of sp³-hybridized carbons (Fsp3) is 1.00. The second-order valence-electron chi connectivity index (χ2n) is 6.98. The van der Waals surface area contributed by atoms with Crippen molar-refractivity contribution in [3.05, 3.63) is 0 Å². The van der Waals surface area contributed by atoms with E-state index in [2.05, 4.69) is 71.2 Å². The Bertz CT molecular complexity index is 186. The summed E-state index contributed by atoms with van der Waals surface area (Å²) < 4.78 is 0. The summed E-state index contributed by atoms with van der Waals surface area (Å²) >= 11 is 0. The number of nitrogens with one attached hydrogen (secondary N) is 2. The molecule has 0 radical (unpaired) electrons. The maximum Gasteiger partial charge on any atom is 0.0324 e. The maximum atomic E-state index is 3.66. The monoisotopic (exact) mass is 229 g/mol. The van der Waals surface area contributed by atoms with Gasteiger partial charge >= 0.3 is 0 Å². The van der Waals surface area contributed by atoms with Crippen molar-refractivity contribution in [2.75, 3.05) is 27.2 Å². The summed E-state index contributed by atoms with van der Waals surface area (Å²) in [5, 5.41) is 7.22. The van der Waals surface area contributed by atoms with Crippen LogP contribution in [0.1, 0.15) is 41.5 Å². The molecule has 0 spiro atoms. The third kappa shape index (κ3) is 10.4. The molecule has 0 amide bonds. The number of hydrogen-bond acceptors (Lipinski definition) is 3. The molecule has 0 aliphatic heterocycles. The molecule has 0 fully saturated rings. The van der Waals surface area contributed by atoms with E-state index in [1.807, 2.05) is 0 Å².